The molecule has 0 atom stereocenters. The van der Waals surface area contributed by atoms with E-state index in [-0.39, 0.29) is 0 Å². The van der Waals surface area contributed by atoms with Crippen LogP contribution in [0.5, 0.6) is 5.75 Å². The van der Waals surface area contributed by atoms with E-state index in [0.717, 1.165) is 11.3 Å². The number of nitrogens with one attached hydrogen (secondary N) is 1. The van der Waals surface area contributed by atoms with Gasteiger partial charge in [-0.15, -0.1) is 10.2 Å². The highest BCUT2D eigenvalue weighted by Crippen LogP contribution is 2.14. The van der Waals surface area contributed by atoms with E-state index in [1.54, 1.807) is 19.2 Å². The van der Waals surface area contributed by atoms with Crippen LogP contribution in [0.4, 0.5) is 5.82 Å². The average Bonchev–Trinajstić information content (AvgIpc) is 2.38. The minimum absolute atomic E-state index is 0.386. The van der Waals surface area contributed by atoms with Crippen LogP contribution in [0.3, 0.4) is 0 Å². The summed E-state index contributed by atoms with van der Waals surface area (Å²) < 4.78 is 5.15. The van der Waals surface area contributed by atoms with E-state index >= 15 is 0 Å². The van der Waals surface area contributed by atoms with Gasteiger partial charge in [-0.25, -0.2) is 0 Å². The minimum atomic E-state index is 0.386. The van der Waals surface area contributed by atoms with Gasteiger partial charge in [-0.1, -0.05) is 23.7 Å². The molecule has 1 heterocycles. The number of ether oxygens (including phenoxy) is 1. The monoisotopic (exact) mass is 249 g/mol. The summed E-state index contributed by atoms with van der Waals surface area (Å²) in [4.78, 5) is 0. The Kier molecular flexibility index (Phi) is 3.77. The Morgan fingerprint density at radius 3 is 2.82 bits per heavy atom. The fourth-order valence-corrected chi connectivity index (χ4v) is 1.49. The summed E-state index contributed by atoms with van der Waals surface area (Å²) in [6.07, 6.45) is 0. The maximum atomic E-state index is 5.65. The number of hydrogen-bond acceptors (Lipinski definition) is 4. The van der Waals surface area contributed by atoms with E-state index in [0.29, 0.717) is 17.5 Å². The molecule has 2 rings (SSSR count). The van der Waals surface area contributed by atoms with Gasteiger partial charge in [-0.3, -0.25) is 0 Å². The van der Waals surface area contributed by atoms with E-state index in [4.69, 9.17) is 16.3 Å². The van der Waals surface area contributed by atoms with E-state index in [9.17, 15) is 0 Å². The number of anilines is 1. The predicted molar refractivity (Wildman–Crippen MR) is 67.4 cm³/mol. The number of aromatic nitrogens is 2. The lowest BCUT2D eigenvalue weighted by Gasteiger charge is -2.06. The molecular formula is C12H12ClN3O. The second kappa shape index (κ2) is 5.50. The molecule has 88 valence electrons. The summed E-state index contributed by atoms with van der Waals surface area (Å²) in [6.45, 7) is 0.660. The summed E-state index contributed by atoms with van der Waals surface area (Å²) in [7, 11) is 1.65. The zero-order valence-corrected chi connectivity index (χ0v) is 10.1. The Bertz CT molecular complexity index is 487. The quantitative estimate of drug-likeness (QED) is 0.905. The summed E-state index contributed by atoms with van der Waals surface area (Å²) in [5.74, 6) is 1.53. The van der Waals surface area contributed by atoms with Crippen LogP contribution in [0.15, 0.2) is 36.4 Å². The lowest BCUT2D eigenvalue weighted by Crippen LogP contribution is -2.02. The first kappa shape index (κ1) is 11.7. The lowest BCUT2D eigenvalue weighted by molar-refractivity contribution is 0.414. The number of hydrogen-bond donors (Lipinski definition) is 1. The van der Waals surface area contributed by atoms with Crippen molar-refractivity contribution in [3.63, 3.8) is 0 Å². The van der Waals surface area contributed by atoms with Crippen molar-refractivity contribution in [3.05, 3.63) is 47.1 Å². The standard InChI is InChI=1S/C12H12ClN3O/c1-17-10-4-2-3-9(7-10)8-14-12-6-5-11(13)15-16-12/h2-7H,8H2,1H3,(H,14,16). The van der Waals surface area contributed by atoms with Gasteiger partial charge in [0.2, 0.25) is 0 Å². The van der Waals surface area contributed by atoms with Crippen LogP contribution in [-0.4, -0.2) is 17.3 Å². The molecule has 0 bridgehead atoms. The number of rotatable bonds is 4. The predicted octanol–water partition coefficient (Wildman–Crippen LogP) is 2.75. The molecule has 0 radical (unpaired) electrons. The van der Waals surface area contributed by atoms with Crippen molar-refractivity contribution < 1.29 is 4.74 Å². The van der Waals surface area contributed by atoms with Crippen molar-refractivity contribution in [3.8, 4) is 5.75 Å². The molecule has 0 aliphatic carbocycles. The largest absolute Gasteiger partial charge is 0.497 e. The average molecular weight is 250 g/mol. The second-order valence-electron chi connectivity index (χ2n) is 3.45. The fraction of sp³-hybridized carbons (Fsp3) is 0.167. The van der Waals surface area contributed by atoms with Gasteiger partial charge in [0.05, 0.1) is 7.11 Å². The van der Waals surface area contributed by atoms with Crippen LogP contribution in [0.1, 0.15) is 5.56 Å². The van der Waals surface area contributed by atoms with Crippen molar-refractivity contribution in [2.75, 3.05) is 12.4 Å². The molecule has 0 saturated heterocycles. The molecule has 0 saturated carbocycles. The number of halogens is 1. The van der Waals surface area contributed by atoms with Crippen molar-refractivity contribution in [2.45, 2.75) is 6.54 Å². The van der Waals surface area contributed by atoms with Crippen LogP contribution < -0.4 is 10.1 Å². The SMILES string of the molecule is COc1cccc(CNc2ccc(Cl)nn2)c1. The van der Waals surface area contributed by atoms with Gasteiger partial charge in [0.25, 0.3) is 0 Å². The molecule has 0 spiro atoms. The summed E-state index contributed by atoms with van der Waals surface area (Å²) in [5, 5.41) is 11.2. The van der Waals surface area contributed by atoms with E-state index in [2.05, 4.69) is 15.5 Å². The molecule has 2 aromatic rings. The van der Waals surface area contributed by atoms with Crippen LogP contribution in [0, 0.1) is 0 Å². The molecule has 0 fully saturated rings. The van der Waals surface area contributed by atoms with Crippen molar-refractivity contribution in [1.82, 2.24) is 10.2 Å². The molecule has 1 aromatic carbocycles. The summed E-state index contributed by atoms with van der Waals surface area (Å²) >= 11 is 5.65. The van der Waals surface area contributed by atoms with E-state index in [1.165, 1.54) is 0 Å². The Balaban J connectivity index is 1.99. The first-order valence-corrected chi connectivity index (χ1v) is 5.52. The Morgan fingerprint density at radius 1 is 1.24 bits per heavy atom. The molecule has 17 heavy (non-hydrogen) atoms. The Labute approximate surface area is 105 Å². The zero-order chi connectivity index (χ0) is 12.1. The van der Waals surface area contributed by atoms with Crippen molar-refractivity contribution >= 4 is 17.4 Å². The first-order chi connectivity index (χ1) is 8.28. The van der Waals surface area contributed by atoms with Crippen molar-refractivity contribution in [1.29, 1.82) is 0 Å². The molecule has 4 nitrogen and oxygen atoms in total. The summed E-state index contributed by atoms with van der Waals surface area (Å²) in [6, 6.07) is 11.3. The maximum Gasteiger partial charge on any atom is 0.151 e. The third-order valence-electron chi connectivity index (χ3n) is 2.24. The Morgan fingerprint density at radius 2 is 2.12 bits per heavy atom. The van der Waals surface area contributed by atoms with Crippen LogP contribution in [0.2, 0.25) is 5.15 Å². The smallest absolute Gasteiger partial charge is 0.151 e. The third kappa shape index (κ3) is 3.32. The highest BCUT2D eigenvalue weighted by Gasteiger charge is 1.98. The number of methoxy groups -OCH3 is 1. The van der Waals surface area contributed by atoms with Gasteiger partial charge < -0.3 is 10.1 Å². The van der Waals surface area contributed by atoms with Crippen LogP contribution in [0.25, 0.3) is 0 Å². The van der Waals surface area contributed by atoms with Gasteiger partial charge in [0.15, 0.2) is 5.15 Å². The second-order valence-corrected chi connectivity index (χ2v) is 3.83. The highest BCUT2D eigenvalue weighted by atomic mass is 35.5. The van der Waals surface area contributed by atoms with Gasteiger partial charge >= 0.3 is 0 Å². The third-order valence-corrected chi connectivity index (χ3v) is 2.44. The van der Waals surface area contributed by atoms with Gasteiger partial charge in [-0.2, -0.15) is 0 Å². The van der Waals surface area contributed by atoms with Crippen LogP contribution >= 0.6 is 11.6 Å². The topological polar surface area (TPSA) is 47.0 Å². The number of benzene rings is 1. The molecule has 0 aliphatic rings. The normalized spacial score (nSPS) is 10.0. The molecule has 1 aromatic heterocycles. The van der Waals surface area contributed by atoms with E-state index < -0.39 is 0 Å². The molecule has 0 aliphatic heterocycles. The molecular weight excluding hydrogens is 238 g/mol. The number of nitrogens with zero attached hydrogens (tertiary/aromatic N) is 2. The molecule has 0 unspecified atom stereocenters. The first-order valence-electron chi connectivity index (χ1n) is 5.14. The fourth-order valence-electron chi connectivity index (χ4n) is 1.39. The van der Waals surface area contributed by atoms with Crippen molar-refractivity contribution in [2.24, 2.45) is 0 Å². The van der Waals surface area contributed by atoms with Gasteiger partial charge in [0.1, 0.15) is 11.6 Å². The van der Waals surface area contributed by atoms with E-state index in [1.807, 2.05) is 24.3 Å². The van der Waals surface area contributed by atoms with Gasteiger partial charge in [0, 0.05) is 6.54 Å². The summed E-state index contributed by atoms with van der Waals surface area (Å²) in [5.41, 5.74) is 1.11. The maximum absolute atomic E-state index is 5.65. The highest BCUT2D eigenvalue weighted by molar-refractivity contribution is 6.29. The van der Waals surface area contributed by atoms with Gasteiger partial charge in [-0.05, 0) is 29.8 Å². The lowest BCUT2D eigenvalue weighted by atomic mass is 10.2. The van der Waals surface area contributed by atoms with Crippen LogP contribution in [-0.2, 0) is 6.54 Å². The molecule has 5 heteroatoms. The molecule has 1 N–H and O–H groups in total. The zero-order valence-electron chi connectivity index (χ0n) is 9.35. The minimum Gasteiger partial charge on any atom is -0.497 e. The molecule has 0 amide bonds. The Hall–Kier alpha value is -1.81.